The summed E-state index contributed by atoms with van der Waals surface area (Å²) in [6, 6.07) is -0.911. The van der Waals surface area contributed by atoms with Gasteiger partial charge in [-0.15, -0.1) is 0 Å². The Kier molecular flexibility index (Phi) is 16.4. The van der Waals surface area contributed by atoms with Crippen molar-refractivity contribution in [3.8, 4) is 0 Å². The number of hydrogen-bond acceptors (Lipinski definition) is 11. The van der Waals surface area contributed by atoms with Gasteiger partial charge in [0, 0.05) is 76.0 Å². The fourth-order valence-electron chi connectivity index (χ4n) is 4.96. The number of nitrogens with zero attached hydrogens (tertiary/aromatic N) is 5. The molecule has 2 heterocycles. The minimum atomic E-state index is -1.67. The Morgan fingerprint density at radius 3 is 1.41 bits per heavy atom. The normalized spacial score (nSPS) is 21.1. The van der Waals surface area contributed by atoms with E-state index in [2.05, 4.69) is 5.32 Å². The molecule has 0 spiro atoms. The second-order valence-corrected chi connectivity index (χ2v) is 10.2. The zero-order chi connectivity index (χ0) is 29.8. The number of amides is 2. The molecule has 2 rings (SSSR count). The van der Waals surface area contributed by atoms with E-state index in [1.807, 2.05) is 0 Å². The summed E-state index contributed by atoms with van der Waals surface area (Å²) in [6.45, 7) is 3.06. The molecule has 0 aromatic rings. The first-order chi connectivity index (χ1) is 18.8. The molecular weight excluding hydrogens is 595 g/mol. The quantitative estimate of drug-likeness (QED) is 0.119. The maximum atomic E-state index is 12.9. The molecule has 0 aromatic heterocycles. The van der Waals surface area contributed by atoms with Crippen LogP contribution in [0.3, 0.4) is 0 Å². The summed E-state index contributed by atoms with van der Waals surface area (Å²) in [5.41, 5.74) is 0. The Bertz CT molecular complexity index is 871. The zero-order valence-electron chi connectivity index (χ0n) is 23.2. The van der Waals surface area contributed by atoms with Crippen LogP contribution in [-0.4, -0.2) is 184 Å². The smallest absolute Gasteiger partial charge is 0.475 e. The van der Waals surface area contributed by atoms with E-state index in [-0.39, 0.29) is 95.6 Å². The topological polar surface area (TPSA) is 215 Å². The average Bonchev–Trinajstić information content (AvgIpc) is 3.34. The SMILES string of the molecule is C[C@@H](NC(=O)CN1CCN(CC(=O)O)CCN(CC(=O)O)CCN(CC(=O)O)CC1)C(=O)N1CCC[C@H]1B(O)O.[Cu]. The number of rotatable bonds is 11. The molecule has 2 saturated heterocycles. The van der Waals surface area contributed by atoms with Crippen LogP contribution >= 0.6 is 0 Å². The second-order valence-electron chi connectivity index (χ2n) is 10.2. The second kappa shape index (κ2) is 18.3. The summed E-state index contributed by atoms with van der Waals surface area (Å²) < 4.78 is 0. The summed E-state index contributed by atoms with van der Waals surface area (Å²) in [5, 5.41) is 49.6. The minimum Gasteiger partial charge on any atom is -0.480 e. The number of carbonyl (C=O) groups excluding carboxylic acids is 2. The molecule has 0 unspecified atom stereocenters. The molecule has 237 valence electrons. The first-order valence-corrected chi connectivity index (χ1v) is 13.4. The van der Waals surface area contributed by atoms with Crippen molar-refractivity contribution >= 4 is 36.8 Å². The van der Waals surface area contributed by atoms with Crippen molar-refractivity contribution in [3.05, 3.63) is 0 Å². The van der Waals surface area contributed by atoms with Gasteiger partial charge in [0.1, 0.15) is 6.04 Å². The van der Waals surface area contributed by atoms with Gasteiger partial charge in [0.25, 0.3) is 0 Å². The first kappa shape index (κ1) is 36.7. The predicted octanol–water partition coefficient (Wildman–Crippen LogP) is -4.03. The molecule has 0 bridgehead atoms. The zero-order valence-corrected chi connectivity index (χ0v) is 24.1. The van der Waals surface area contributed by atoms with Gasteiger partial charge in [-0.25, -0.2) is 0 Å². The van der Waals surface area contributed by atoms with Gasteiger partial charge >= 0.3 is 25.0 Å². The van der Waals surface area contributed by atoms with Gasteiger partial charge in [0.15, 0.2) is 0 Å². The Hall–Kier alpha value is -2.31. The van der Waals surface area contributed by atoms with Crippen LogP contribution in [0.4, 0.5) is 0 Å². The number of carbonyl (C=O) groups is 5. The third-order valence-electron chi connectivity index (χ3n) is 7.05. The number of nitrogens with one attached hydrogen (secondary N) is 1. The van der Waals surface area contributed by atoms with Crippen molar-refractivity contribution in [2.24, 2.45) is 0 Å². The minimum absolute atomic E-state index is 0. The molecule has 41 heavy (non-hydrogen) atoms. The van der Waals surface area contributed by atoms with Gasteiger partial charge in [-0.2, -0.15) is 0 Å². The summed E-state index contributed by atoms with van der Waals surface area (Å²) in [4.78, 5) is 67.9. The van der Waals surface area contributed by atoms with Gasteiger partial charge in [0.2, 0.25) is 11.8 Å². The van der Waals surface area contributed by atoms with Crippen LogP contribution < -0.4 is 5.32 Å². The van der Waals surface area contributed by atoms with E-state index in [4.69, 9.17) is 0 Å². The van der Waals surface area contributed by atoms with E-state index in [0.717, 1.165) is 0 Å². The Labute approximate surface area is 249 Å². The molecule has 16 nitrogen and oxygen atoms in total. The van der Waals surface area contributed by atoms with Crippen LogP contribution in [0.25, 0.3) is 0 Å². The fraction of sp³-hybridized carbons (Fsp3) is 0.783. The Morgan fingerprint density at radius 2 is 1.07 bits per heavy atom. The van der Waals surface area contributed by atoms with E-state index in [1.54, 1.807) is 19.6 Å². The van der Waals surface area contributed by atoms with Crippen molar-refractivity contribution < 1.29 is 66.4 Å². The largest absolute Gasteiger partial charge is 0.480 e. The molecule has 2 fully saturated rings. The van der Waals surface area contributed by atoms with E-state index < -0.39 is 48.8 Å². The summed E-state index contributed by atoms with van der Waals surface area (Å²) in [7, 11) is -1.67. The fourth-order valence-corrected chi connectivity index (χ4v) is 4.96. The van der Waals surface area contributed by atoms with E-state index in [9.17, 15) is 49.3 Å². The van der Waals surface area contributed by atoms with Gasteiger partial charge in [-0.3, -0.25) is 43.6 Å². The summed E-state index contributed by atoms with van der Waals surface area (Å²) >= 11 is 0. The van der Waals surface area contributed by atoms with Gasteiger partial charge in [-0.05, 0) is 19.8 Å². The number of hydrogen-bond donors (Lipinski definition) is 6. The van der Waals surface area contributed by atoms with Crippen molar-refractivity contribution in [2.45, 2.75) is 31.7 Å². The van der Waals surface area contributed by atoms with Crippen LogP contribution in [0.5, 0.6) is 0 Å². The number of carboxylic acid groups (broad SMARTS) is 3. The molecule has 0 aromatic carbocycles. The average molecular weight is 636 g/mol. The number of carboxylic acids is 3. The molecule has 2 aliphatic heterocycles. The van der Waals surface area contributed by atoms with E-state index >= 15 is 0 Å². The van der Waals surface area contributed by atoms with Crippen LogP contribution in [-0.2, 0) is 41.0 Å². The molecular formula is C23H41BCuN6O10. The Morgan fingerprint density at radius 1 is 0.707 bits per heavy atom. The molecule has 6 N–H and O–H groups in total. The number of likely N-dealkylation sites (tertiary alicyclic amines) is 1. The summed E-state index contributed by atoms with van der Waals surface area (Å²) in [5.74, 6) is -4.75. The van der Waals surface area contributed by atoms with Gasteiger partial charge in [-0.1, -0.05) is 0 Å². The third kappa shape index (κ3) is 13.5. The van der Waals surface area contributed by atoms with Crippen molar-refractivity contribution in [1.82, 2.24) is 29.8 Å². The molecule has 2 aliphatic rings. The van der Waals surface area contributed by atoms with Crippen LogP contribution in [0.15, 0.2) is 0 Å². The molecule has 0 aliphatic carbocycles. The third-order valence-corrected chi connectivity index (χ3v) is 7.05. The van der Waals surface area contributed by atoms with Crippen LogP contribution in [0, 0.1) is 0 Å². The standard InChI is InChI=1S/C23H41BN6O10.Cu/c1-17(23(38)30-4-2-3-18(30)24(39)40)25-19(31)13-26-5-7-27(14-20(32)33)9-11-29(16-22(36)37)12-10-28(8-6-26)15-21(34)35;/h17-18,39-40H,2-16H2,1H3,(H,25,31)(H,32,33)(H,34,35)(H,36,37);/t17-,18+;/m1./s1. The first-order valence-electron chi connectivity index (χ1n) is 13.4. The maximum absolute atomic E-state index is 12.9. The Balaban J connectivity index is 0.00000840. The van der Waals surface area contributed by atoms with Gasteiger partial charge in [0.05, 0.1) is 32.1 Å². The van der Waals surface area contributed by atoms with Crippen molar-refractivity contribution in [2.75, 3.05) is 85.1 Å². The molecule has 2 atom stereocenters. The molecule has 1 radical (unpaired) electrons. The van der Waals surface area contributed by atoms with Crippen LogP contribution in [0.1, 0.15) is 19.8 Å². The summed E-state index contributed by atoms with van der Waals surface area (Å²) in [6.07, 6.45) is 1.07. The van der Waals surface area contributed by atoms with Crippen molar-refractivity contribution in [3.63, 3.8) is 0 Å². The van der Waals surface area contributed by atoms with E-state index in [0.29, 0.717) is 19.4 Å². The van der Waals surface area contributed by atoms with Gasteiger partial charge < -0.3 is 35.6 Å². The predicted molar refractivity (Wildman–Crippen MR) is 141 cm³/mol. The molecule has 18 heteroatoms. The molecule has 0 saturated carbocycles. The van der Waals surface area contributed by atoms with Crippen molar-refractivity contribution in [1.29, 1.82) is 0 Å². The maximum Gasteiger partial charge on any atom is 0.475 e. The van der Waals surface area contributed by atoms with E-state index in [1.165, 1.54) is 11.8 Å². The molecule has 2 amide bonds. The van der Waals surface area contributed by atoms with Crippen LogP contribution in [0.2, 0.25) is 0 Å². The number of aliphatic carboxylic acids is 3. The monoisotopic (exact) mass is 635 g/mol.